The Bertz CT molecular complexity index is 654. The molecule has 4 atom stereocenters. The number of nitrogens with one attached hydrogen (secondary N) is 3. The summed E-state index contributed by atoms with van der Waals surface area (Å²) in [5.74, 6) is -4.55. The molecule has 9 N–H and O–H groups in total. The predicted molar refractivity (Wildman–Crippen MR) is 111 cm³/mol. The predicted octanol–water partition coefficient (Wildman–Crippen LogP) is -2.19. The lowest BCUT2D eigenvalue weighted by atomic mass is 10.00. The average Bonchev–Trinajstić information content (AvgIpc) is 2.66. The summed E-state index contributed by atoms with van der Waals surface area (Å²) in [6.07, 6.45) is 0.0408. The quantitative estimate of drug-likeness (QED) is 0.155. The van der Waals surface area contributed by atoms with Crippen LogP contribution in [0.5, 0.6) is 0 Å². The van der Waals surface area contributed by atoms with E-state index in [-0.39, 0.29) is 31.1 Å². The zero-order valence-corrected chi connectivity index (χ0v) is 18.4. The van der Waals surface area contributed by atoms with Gasteiger partial charge in [0.15, 0.2) is 0 Å². The lowest BCUT2D eigenvalue weighted by molar-refractivity contribution is -0.143. The van der Waals surface area contributed by atoms with Crippen molar-refractivity contribution in [3.05, 3.63) is 0 Å². The van der Waals surface area contributed by atoms with Crippen molar-refractivity contribution in [2.45, 2.75) is 71.1 Å². The van der Waals surface area contributed by atoms with Crippen molar-refractivity contribution in [3.8, 4) is 0 Å². The third-order valence-electron chi connectivity index (χ3n) is 4.42. The highest BCUT2D eigenvalue weighted by Gasteiger charge is 2.31. The molecule has 0 saturated heterocycles. The second-order valence-electron chi connectivity index (χ2n) is 8.11. The molecule has 0 bridgehead atoms. The first-order valence-electron chi connectivity index (χ1n) is 10.1. The minimum Gasteiger partial charge on any atom is -0.480 e. The van der Waals surface area contributed by atoms with Crippen LogP contribution in [0.3, 0.4) is 0 Å². The maximum atomic E-state index is 12.6. The van der Waals surface area contributed by atoms with Crippen molar-refractivity contribution in [1.29, 1.82) is 0 Å². The molecular formula is C19H35N5O7. The van der Waals surface area contributed by atoms with Gasteiger partial charge in [-0.2, -0.15) is 0 Å². The summed E-state index contributed by atoms with van der Waals surface area (Å²) in [6.45, 7) is 6.13. The van der Waals surface area contributed by atoms with E-state index >= 15 is 0 Å². The molecule has 0 aliphatic rings. The Hall–Kier alpha value is -2.73. The van der Waals surface area contributed by atoms with Crippen molar-refractivity contribution < 1.29 is 34.2 Å². The van der Waals surface area contributed by atoms with E-state index in [2.05, 4.69) is 16.0 Å². The van der Waals surface area contributed by atoms with Crippen molar-refractivity contribution in [1.82, 2.24) is 16.0 Å². The molecule has 4 amide bonds. The Morgan fingerprint density at radius 1 is 0.871 bits per heavy atom. The molecule has 0 spiro atoms. The summed E-state index contributed by atoms with van der Waals surface area (Å²) >= 11 is 0. The van der Waals surface area contributed by atoms with E-state index in [1.807, 2.05) is 13.8 Å². The molecule has 0 aromatic rings. The molecule has 0 aliphatic heterocycles. The van der Waals surface area contributed by atoms with Gasteiger partial charge in [0.25, 0.3) is 0 Å². The number of aliphatic carboxylic acids is 1. The number of aliphatic hydroxyl groups excluding tert-OH is 1. The zero-order chi connectivity index (χ0) is 24.3. The first kappa shape index (κ1) is 28.3. The number of carbonyl (C=O) groups is 5. The van der Waals surface area contributed by atoms with Crippen LogP contribution >= 0.6 is 0 Å². The van der Waals surface area contributed by atoms with Crippen LogP contribution in [0, 0.1) is 11.8 Å². The number of carbonyl (C=O) groups excluding carboxylic acids is 4. The third kappa shape index (κ3) is 10.7. The Kier molecular flexibility index (Phi) is 12.4. The van der Waals surface area contributed by atoms with E-state index in [9.17, 15) is 34.2 Å². The largest absolute Gasteiger partial charge is 0.480 e. The Labute approximate surface area is 181 Å². The molecule has 12 heteroatoms. The van der Waals surface area contributed by atoms with Crippen molar-refractivity contribution in [2.75, 3.05) is 6.61 Å². The molecule has 0 fully saturated rings. The van der Waals surface area contributed by atoms with E-state index in [0.29, 0.717) is 0 Å². The van der Waals surface area contributed by atoms with Crippen molar-refractivity contribution in [3.63, 3.8) is 0 Å². The summed E-state index contributed by atoms with van der Waals surface area (Å²) in [5, 5.41) is 25.9. The SMILES string of the molecule is CC(C)CC(NC(=O)C(CO)NC(=O)C(N)CCC(N)=O)C(=O)NC(C(=O)O)C(C)C. The maximum absolute atomic E-state index is 12.6. The molecule has 0 heterocycles. The molecular weight excluding hydrogens is 410 g/mol. The average molecular weight is 446 g/mol. The summed E-state index contributed by atoms with van der Waals surface area (Å²) in [7, 11) is 0. The fourth-order valence-corrected chi connectivity index (χ4v) is 2.64. The smallest absolute Gasteiger partial charge is 0.326 e. The van der Waals surface area contributed by atoms with Gasteiger partial charge in [-0.05, 0) is 24.7 Å². The zero-order valence-electron chi connectivity index (χ0n) is 18.4. The van der Waals surface area contributed by atoms with Crippen LogP contribution < -0.4 is 27.4 Å². The lowest BCUT2D eigenvalue weighted by Gasteiger charge is -2.26. The highest BCUT2D eigenvalue weighted by molar-refractivity contribution is 5.94. The number of primary amides is 1. The molecule has 4 unspecified atom stereocenters. The summed E-state index contributed by atoms with van der Waals surface area (Å²) < 4.78 is 0. The molecule has 178 valence electrons. The van der Waals surface area contributed by atoms with Crippen LogP contribution in [0.25, 0.3) is 0 Å². The van der Waals surface area contributed by atoms with Gasteiger partial charge in [-0.1, -0.05) is 27.7 Å². The number of amides is 4. The maximum Gasteiger partial charge on any atom is 0.326 e. The van der Waals surface area contributed by atoms with Crippen LogP contribution in [-0.4, -0.2) is 70.6 Å². The summed E-state index contributed by atoms with van der Waals surface area (Å²) in [6, 6.07) is -4.74. The number of hydrogen-bond acceptors (Lipinski definition) is 7. The van der Waals surface area contributed by atoms with Crippen LogP contribution in [0.4, 0.5) is 0 Å². The van der Waals surface area contributed by atoms with Gasteiger partial charge in [0.1, 0.15) is 18.1 Å². The van der Waals surface area contributed by atoms with Gasteiger partial charge < -0.3 is 37.6 Å². The molecule has 0 radical (unpaired) electrons. The molecule has 0 aromatic carbocycles. The molecule has 0 saturated carbocycles. The van der Waals surface area contributed by atoms with Crippen LogP contribution in [-0.2, 0) is 24.0 Å². The van der Waals surface area contributed by atoms with Crippen molar-refractivity contribution >= 4 is 29.6 Å². The van der Waals surface area contributed by atoms with E-state index in [4.69, 9.17) is 11.5 Å². The number of carboxylic acid groups (broad SMARTS) is 1. The number of rotatable bonds is 14. The number of carboxylic acids is 1. The monoisotopic (exact) mass is 445 g/mol. The van der Waals surface area contributed by atoms with Gasteiger partial charge in [-0.15, -0.1) is 0 Å². The molecule has 31 heavy (non-hydrogen) atoms. The summed E-state index contributed by atoms with van der Waals surface area (Å²) in [5.41, 5.74) is 10.6. The highest BCUT2D eigenvalue weighted by atomic mass is 16.4. The van der Waals surface area contributed by atoms with E-state index in [0.717, 1.165) is 0 Å². The standard InChI is InChI=1S/C19H35N5O7/c1-9(2)7-12(17(28)24-15(10(3)4)19(30)31)22-18(29)13(8-25)23-16(27)11(20)5-6-14(21)26/h9-13,15,25H,5-8,20H2,1-4H3,(H2,21,26)(H,22,29)(H,23,27)(H,24,28)(H,30,31). The normalized spacial score (nSPS) is 15.0. The van der Waals surface area contributed by atoms with Gasteiger partial charge in [0, 0.05) is 6.42 Å². The lowest BCUT2D eigenvalue weighted by Crippen LogP contribution is -2.58. The van der Waals surface area contributed by atoms with Gasteiger partial charge in [-0.3, -0.25) is 19.2 Å². The molecule has 0 aliphatic carbocycles. The second-order valence-corrected chi connectivity index (χ2v) is 8.11. The fraction of sp³-hybridized carbons (Fsp3) is 0.737. The minimum absolute atomic E-state index is 0.0252. The number of aliphatic hydroxyl groups is 1. The number of hydrogen-bond donors (Lipinski definition) is 7. The first-order valence-corrected chi connectivity index (χ1v) is 10.1. The first-order chi connectivity index (χ1) is 14.3. The fourth-order valence-electron chi connectivity index (χ4n) is 2.64. The minimum atomic E-state index is -1.39. The topological polar surface area (TPSA) is 214 Å². The Balaban J connectivity index is 5.21. The van der Waals surface area contributed by atoms with Crippen molar-refractivity contribution in [2.24, 2.45) is 23.3 Å². The molecule has 0 rings (SSSR count). The summed E-state index contributed by atoms with van der Waals surface area (Å²) in [4.78, 5) is 59.4. The van der Waals surface area contributed by atoms with E-state index in [1.54, 1.807) is 13.8 Å². The Morgan fingerprint density at radius 2 is 1.39 bits per heavy atom. The third-order valence-corrected chi connectivity index (χ3v) is 4.42. The highest BCUT2D eigenvalue weighted by Crippen LogP contribution is 2.08. The van der Waals surface area contributed by atoms with Crippen LogP contribution in [0.2, 0.25) is 0 Å². The van der Waals surface area contributed by atoms with E-state index in [1.165, 1.54) is 0 Å². The second kappa shape index (κ2) is 13.5. The molecule has 0 aromatic heterocycles. The molecule has 12 nitrogen and oxygen atoms in total. The Morgan fingerprint density at radius 3 is 1.81 bits per heavy atom. The van der Waals surface area contributed by atoms with Crippen LogP contribution in [0.1, 0.15) is 47.0 Å². The number of nitrogens with two attached hydrogens (primary N) is 2. The van der Waals surface area contributed by atoms with E-state index < -0.39 is 60.4 Å². The van der Waals surface area contributed by atoms with Crippen LogP contribution in [0.15, 0.2) is 0 Å². The van der Waals surface area contributed by atoms with Gasteiger partial charge in [0.05, 0.1) is 12.6 Å². The van der Waals surface area contributed by atoms with Gasteiger partial charge >= 0.3 is 5.97 Å². The van der Waals surface area contributed by atoms with Gasteiger partial charge in [-0.25, -0.2) is 4.79 Å². The van der Waals surface area contributed by atoms with Gasteiger partial charge in [0.2, 0.25) is 23.6 Å².